The van der Waals surface area contributed by atoms with Gasteiger partial charge in [0.1, 0.15) is 11.8 Å². The van der Waals surface area contributed by atoms with E-state index < -0.39 is 0 Å². The molecule has 1 heterocycles. The van der Waals surface area contributed by atoms with Crippen molar-refractivity contribution in [1.29, 1.82) is 5.26 Å². The van der Waals surface area contributed by atoms with Gasteiger partial charge in [-0.25, -0.2) is 0 Å². The highest BCUT2D eigenvalue weighted by Crippen LogP contribution is 2.18. The highest BCUT2D eigenvalue weighted by molar-refractivity contribution is 5.54. The van der Waals surface area contributed by atoms with E-state index in [4.69, 9.17) is 5.26 Å². The summed E-state index contributed by atoms with van der Waals surface area (Å²) in [5.74, 6) is 0. The van der Waals surface area contributed by atoms with E-state index in [0.717, 1.165) is 23.5 Å². The van der Waals surface area contributed by atoms with Crippen molar-refractivity contribution < 1.29 is 0 Å². The molecule has 0 spiro atoms. The van der Waals surface area contributed by atoms with Crippen molar-refractivity contribution in [2.24, 2.45) is 7.05 Å². The zero-order valence-electron chi connectivity index (χ0n) is 12.4. The summed E-state index contributed by atoms with van der Waals surface area (Å²) in [4.78, 5) is 2.07. The van der Waals surface area contributed by atoms with Crippen LogP contribution in [0.4, 0.5) is 11.4 Å². The van der Waals surface area contributed by atoms with Gasteiger partial charge in [-0.15, -0.1) is 0 Å². The average molecular weight is 268 g/mol. The monoisotopic (exact) mass is 268 g/mol. The van der Waals surface area contributed by atoms with Crippen LogP contribution in [0.2, 0.25) is 0 Å². The molecule has 4 nitrogen and oxygen atoms in total. The van der Waals surface area contributed by atoms with Crippen LogP contribution in [-0.4, -0.2) is 18.7 Å². The zero-order chi connectivity index (χ0) is 14.7. The molecule has 1 aromatic carbocycles. The fourth-order valence-corrected chi connectivity index (χ4v) is 2.12. The zero-order valence-corrected chi connectivity index (χ0v) is 12.4. The lowest BCUT2D eigenvalue weighted by Gasteiger charge is -2.13. The molecule has 0 saturated carbocycles. The minimum atomic E-state index is 0.697. The van der Waals surface area contributed by atoms with Gasteiger partial charge in [0.2, 0.25) is 0 Å². The molecule has 0 bridgehead atoms. The molecule has 0 aliphatic rings. The minimum absolute atomic E-state index is 0.697. The van der Waals surface area contributed by atoms with E-state index in [1.54, 1.807) is 0 Å². The number of rotatable bonds is 4. The molecule has 4 heteroatoms. The Morgan fingerprint density at radius 2 is 1.90 bits per heavy atom. The van der Waals surface area contributed by atoms with Gasteiger partial charge in [-0.2, -0.15) is 5.26 Å². The summed E-state index contributed by atoms with van der Waals surface area (Å²) >= 11 is 0. The Hall–Kier alpha value is -2.41. The Morgan fingerprint density at radius 1 is 1.25 bits per heavy atom. The first-order chi connectivity index (χ1) is 9.52. The van der Waals surface area contributed by atoms with Crippen molar-refractivity contribution in [3.63, 3.8) is 0 Å². The maximum Gasteiger partial charge on any atom is 0.120 e. The standard InChI is InChI=1S/C16H20N4/c1-12-13(9-16(10-17)20(12)4)11-18-14-5-7-15(8-6-14)19(2)3/h5-9,18H,11H2,1-4H3. The van der Waals surface area contributed by atoms with Crippen LogP contribution in [0, 0.1) is 18.3 Å². The summed E-state index contributed by atoms with van der Waals surface area (Å²) in [6, 6.07) is 12.5. The summed E-state index contributed by atoms with van der Waals surface area (Å²) in [6.45, 7) is 2.76. The van der Waals surface area contributed by atoms with Crippen LogP contribution in [0.15, 0.2) is 30.3 Å². The predicted octanol–water partition coefficient (Wildman–Crippen LogP) is 2.88. The molecule has 0 aliphatic carbocycles. The van der Waals surface area contributed by atoms with Crippen LogP contribution in [-0.2, 0) is 13.6 Å². The first kappa shape index (κ1) is 14.0. The van der Waals surface area contributed by atoms with Gasteiger partial charge in [-0.05, 0) is 42.8 Å². The van der Waals surface area contributed by atoms with Crippen LogP contribution in [0.5, 0.6) is 0 Å². The molecule has 0 unspecified atom stereocenters. The SMILES string of the molecule is Cc1c(CNc2ccc(N(C)C)cc2)cc(C#N)n1C. The normalized spacial score (nSPS) is 10.2. The van der Waals surface area contributed by atoms with E-state index in [0.29, 0.717) is 5.69 Å². The van der Waals surface area contributed by atoms with Crippen LogP contribution < -0.4 is 10.2 Å². The van der Waals surface area contributed by atoms with Gasteiger partial charge >= 0.3 is 0 Å². The Labute approximate surface area is 120 Å². The van der Waals surface area contributed by atoms with Crippen LogP contribution in [0.3, 0.4) is 0 Å². The maximum atomic E-state index is 9.03. The highest BCUT2D eigenvalue weighted by atomic mass is 15.1. The Bertz CT molecular complexity index is 630. The summed E-state index contributed by atoms with van der Waals surface area (Å²) in [5.41, 5.74) is 5.23. The molecule has 2 rings (SSSR count). The molecule has 20 heavy (non-hydrogen) atoms. The summed E-state index contributed by atoms with van der Waals surface area (Å²) in [6.07, 6.45) is 0. The van der Waals surface area contributed by atoms with Gasteiger partial charge in [0.15, 0.2) is 0 Å². The molecule has 2 aromatic rings. The lowest BCUT2D eigenvalue weighted by Crippen LogP contribution is -2.08. The molecule has 104 valence electrons. The van der Waals surface area contributed by atoms with Gasteiger partial charge in [0.05, 0.1) is 0 Å². The Kier molecular flexibility index (Phi) is 3.99. The third kappa shape index (κ3) is 2.77. The third-order valence-corrected chi connectivity index (χ3v) is 3.62. The number of benzene rings is 1. The molecule has 1 aromatic heterocycles. The summed E-state index contributed by atoms with van der Waals surface area (Å²) < 4.78 is 1.92. The topological polar surface area (TPSA) is 44.0 Å². The van der Waals surface area contributed by atoms with Crippen molar-refractivity contribution in [2.45, 2.75) is 13.5 Å². The van der Waals surface area contributed by atoms with E-state index in [-0.39, 0.29) is 0 Å². The van der Waals surface area contributed by atoms with Crippen LogP contribution >= 0.6 is 0 Å². The van der Waals surface area contributed by atoms with E-state index in [9.17, 15) is 0 Å². The first-order valence-electron chi connectivity index (χ1n) is 6.59. The quantitative estimate of drug-likeness (QED) is 0.927. The Morgan fingerprint density at radius 3 is 2.40 bits per heavy atom. The second-order valence-corrected chi connectivity index (χ2v) is 5.11. The molecule has 0 radical (unpaired) electrons. The van der Waals surface area contributed by atoms with Gasteiger partial charge in [0.25, 0.3) is 0 Å². The number of nitriles is 1. The van der Waals surface area contributed by atoms with Crippen LogP contribution in [0.25, 0.3) is 0 Å². The number of nitrogens with zero attached hydrogens (tertiary/aromatic N) is 3. The molecular weight excluding hydrogens is 248 g/mol. The van der Waals surface area contributed by atoms with Crippen LogP contribution in [0.1, 0.15) is 17.0 Å². The summed E-state index contributed by atoms with van der Waals surface area (Å²) in [5, 5.41) is 12.4. The van der Waals surface area contributed by atoms with Gasteiger partial charge in [-0.3, -0.25) is 0 Å². The van der Waals surface area contributed by atoms with Crippen molar-refractivity contribution in [3.05, 3.63) is 47.3 Å². The van der Waals surface area contributed by atoms with Gasteiger partial charge in [0, 0.05) is 44.8 Å². The molecule has 1 N–H and O–H groups in total. The fourth-order valence-electron chi connectivity index (χ4n) is 2.12. The van der Waals surface area contributed by atoms with Gasteiger partial charge in [-0.1, -0.05) is 0 Å². The van der Waals surface area contributed by atoms with Gasteiger partial charge < -0.3 is 14.8 Å². The largest absolute Gasteiger partial charge is 0.381 e. The molecule has 0 aliphatic heterocycles. The minimum Gasteiger partial charge on any atom is -0.381 e. The van der Waals surface area contributed by atoms with Crippen molar-refractivity contribution in [1.82, 2.24) is 4.57 Å². The molecule has 0 amide bonds. The smallest absolute Gasteiger partial charge is 0.120 e. The number of anilines is 2. The maximum absolute atomic E-state index is 9.03. The first-order valence-corrected chi connectivity index (χ1v) is 6.59. The molecule has 0 atom stereocenters. The molecular formula is C16H20N4. The number of hydrogen-bond donors (Lipinski definition) is 1. The lowest BCUT2D eigenvalue weighted by molar-refractivity contribution is 0.856. The van der Waals surface area contributed by atoms with Crippen molar-refractivity contribution in [2.75, 3.05) is 24.3 Å². The second kappa shape index (κ2) is 5.70. The number of aromatic nitrogens is 1. The van der Waals surface area contributed by atoms with Crippen molar-refractivity contribution >= 4 is 11.4 Å². The van der Waals surface area contributed by atoms with E-state index >= 15 is 0 Å². The highest BCUT2D eigenvalue weighted by Gasteiger charge is 2.08. The fraction of sp³-hybridized carbons (Fsp3) is 0.312. The predicted molar refractivity (Wildman–Crippen MR) is 83.0 cm³/mol. The molecule has 0 saturated heterocycles. The number of hydrogen-bond acceptors (Lipinski definition) is 3. The Balaban J connectivity index is 2.07. The van der Waals surface area contributed by atoms with E-state index in [2.05, 4.69) is 40.6 Å². The lowest BCUT2D eigenvalue weighted by atomic mass is 10.2. The average Bonchev–Trinajstić information content (AvgIpc) is 2.73. The molecule has 0 fully saturated rings. The third-order valence-electron chi connectivity index (χ3n) is 3.62. The van der Waals surface area contributed by atoms with E-state index in [1.807, 2.05) is 38.7 Å². The number of nitrogens with one attached hydrogen (secondary N) is 1. The van der Waals surface area contributed by atoms with E-state index in [1.165, 1.54) is 5.69 Å². The summed E-state index contributed by atoms with van der Waals surface area (Å²) in [7, 11) is 5.97. The second-order valence-electron chi connectivity index (χ2n) is 5.11. The van der Waals surface area contributed by atoms with Crippen molar-refractivity contribution in [3.8, 4) is 6.07 Å².